The summed E-state index contributed by atoms with van der Waals surface area (Å²) in [6.45, 7) is 7.91. The van der Waals surface area contributed by atoms with E-state index >= 15 is 0 Å². The molecule has 6 nitrogen and oxygen atoms in total. The van der Waals surface area contributed by atoms with Crippen LogP contribution in [0, 0.1) is 6.92 Å². The molecule has 2 amide bonds. The van der Waals surface area contributed by atoms with E-state index in [9.17, 15) is 9.59 Å². The van der Waals surface area contributed by atoms with Gasteiger partial charge in [-0.2, -0.15) is 5.10 Å². The Balaban J connectivity index is 1.78. The molecule has 0 aliphatic carbocycles. The minimum absolute atomic E-state index is 0.0711. The van der Waals surface area contributed by atoms with E-state index in [0.717, 1.165) is 18.4 Å². The van der Waals surface area contributed by atoms with Crippen molar-refractivity contribution in [1.82, 2.24) is 20.0 Å². The van der Waals surface area contributed by atoms with Gasteiger partial charge in [0.2, 0.25) is 0 Å². The zero-order chi connectivity index (χ0) is 18.7. The lowest BCUT2D eigenvalue weighted by molar-refractivity contribution is 0.0745. The molecule has 1 aliphatic heterocycles. The summed E-state index contributed by atoms with van der Waals surface area (Å²) < 4.78 is 1.67. The lowest BCUT2D eigenvalue weighted by Crippen LogP contribution is -2.32. The van der Waals surface area contributed by atoms with Gasteiger partial charge in [0.1, 0.15) is 5.69 Å². The molecule has 26 heavy (non-hydrogen) atoms. The molecule has 0 saturated heterocycles. The fraction of sp³-hybridized carbons (Fsp3) is 0.450. The zero-order valence-corrected chi connectivity index (χ0v) is 15.7. The number of carbonyl (C=O) groups is 2. The standard InChI is InChI=1S/C20H26N4O2/c1-4-15(3)21-19(25)17-12-18-20(26)23(10-5-11-24(18)22-17)13-16-8-6-14(2)7-9-16/h6-9,12,15H,4-5,10-11,13H2,1-3H3,(H,21,25)/t15-/m0/s1. The first-order chi connectivity index (χ1) is 12.5. The predicted molar refractivity (Wildman–Crippen MR) is 100.0 cm³/mol. The summed E-state index contributed by atoms with van der Waals surface area (Å²) in [5.41, 5.74) is 3.10. The van der Waals surface area contributed by atoms with Crippen LogP contribution in [0.4, 0.5) is 0 Å². The van der Waals surface area contributed by atoms with Crippen molar-refractivity contribution in [2.24, 2.45) is 0 Å². The lowest BCUT2D eigenvalue weighted by atomic mass is 10.1. The summed E-state index contributed by atoms with van der Waals surface area (Å²) in [4.78, 5) is 27.1. The number of aryl methyl sites for hydroxylation is 2. The highest BCUT2D eigenvalue weighted by molar-refractivity contribution is 5.98. The van der Waals surface area contributed by atoms with Crippen molar-refractivity contribution in [3.63, 3.8) is 0 Å². The molecule has 3 rings (SSSR count). The average Bonchev–Trinajstić information content (AvgIpc) is 3.00. The Morgan fingerprint density at radius 3 is 2.69 bits per heavy atom. The largest absolute Gasteiger partial charge is 0.348 e. The van der Waals surface area contributed by atoms with Crippen LogP contribution in [0.5, 0.6) is 0 Å². The van der Waals surface area contributed by atoms with Crippen LogP contribution in [0.25, 0.3) is 0 Å². The molecule has 0 radical (unpaired) electrons. The summed E-state index contributed by atoms with van der Waals surface area (Å²) in [7, 11) is 0. The summed E-state index contributed by atoms with van der Waals surface area (Å²) in [5, 5.41) is 7.26. The summed E-state index contributed by atoms with van der Waals surface area (Å²) in [6, 6.07) is 9.91. The van der Waals surface area contributed by atoms with Crippen molar-refractivity contribution < 1.29 is 9.59 Å². The quantitative estimate of drug-likeness (QED) is 0.898. The molecule has 1 N–H and O–H groups in total. The van der Waals surface area contributed by atoms with E-state index < -0.39 is 0 Å². The van der Waals surface area contributed by atoms with Crippen LogP contribution in [0.15, 0.2) is 30.3 Å². The number of carbonyl (C=O) groups excluding carboxylic acids is 2. The van der Waals surface area contributed by atoms with Gasteiger partial charge in [0, 0.05) is 31.7 Å². The van der Waals surface area contributed by atoms with Gasteiger partial charge < -0.3 is 10.2 Å². The van der Waals surface area contributed by atoms with Gasteiger partial charge in [-0.15, -0.1) is 0 Å². The molecule has 1 aromatic heterocycles. The van der Waals surface area contributed by atoms with Gasteiger partial charge in [0.05, 0.1) is 0 Å². The van der Waals surface area contributed by atoms with E-state index in [1.807, 2.05) is 25.7 Å². The second-order valence-electron chi connectivity index (χ2n) is 6.99. The van der Waals surface area contributed by atoms with Crippen molar-refractivity contribution in [3.05, 3.63) is 52.8 Å². The SMILES string of the molecule is CC[C@H](C)NC(=O)c1cc2n(n1)CCCN(Cc1ccc(C)cc1)C2=O. The van der Waals surface area contributed by atoms with Gasteiger partial charge in [-0.05, 0) is 32.3 Å². The van der Waals surface area contributed by atoms with Crippen LogP contribution in [0.2, 0.25) is 0 Å². The molecular weight excluding hydrogens is 328 g/mol. The van der Waals surface area contributed by atoms with E-state index in [-0.39, 0.29) is 17.9 Å². The molecule has 0 spiro atoms. The average molecular weight is 354 g/mol. The van der Waals surface area contributed by atoms with Gasteiger partial charge in [0.15, 0.2) is 5.69 Å². The molecular formula is C20H26N4O2. The first-order valence-corrected chi connectivity index (χ1v) is 9.21. The number of rotatable bonds is 5. The van der Waals surface area contributed by atoms with Crippen LogP contribution in [0.1, 0.15) is 58.8 Å². The third-order valence-corrected chi connectivity index (χ3v) is 4.80. The molecule has 0 fully saturated rings. The topological polar surface area (TPSA) is 67.2 Å². The number of aromatic nitrogens is 2. The third kappa shape index (κ3) is 3.95. The van der Waals surface area contributed by atoms with Crippen molar-refractivity contribution in [3.8, 4) is 0 Å². The second kappa shape index (κ2) is 7.72. The van der Waals surface area contributed by atoms with E-state index in [0.29, 0.717) is 31.0 Å². The van der Waals surface area contributed by atoms with E-state index in [4.69, 9.17) is 0 Å². The van der Waals surface area contributed by atoms with Gasteiger partial charge >= 0.3 is 0 Å². The predicted octanol–water partition coefficient (Wildman–Crippen LogP) is 2.77. The first-order valence-electron chi connectivity index (χ1n) is 9.21. The van der Waals surface area contributed by atoms with Crippen molar-refractivity contribution >= 4 is 11.8 Å². The molecule has 0 bridgehead atoms. The molecule has 2 aromatic rings. The highest BCUT2D eigenvalue weighted by Crippen LogP contribution is 2.17. The zero-order valence-electron chi connectivity index (χ0n) is 15.7. The van der Waals surface area contributed by atoms with Crippen molar-refractivity contribution in [2.45, 2.75) is 52.7 Å². The van der Waals surface area contributed by atoms with Gasteiger partial charge in [-0.25, -0.2) is 0 Å². The molecule has 0 saturated carbocycles. The number of hydrogen-bond donors (Lipinski definition) is 1. The molecule has 1 atom stereocenters. The Morgan fingerprint density at radius 2 is 2.00 bits per heavy atom. The van der Waals surface area contributed by atoms with Crippen LogP contribution >= 0.6 is 0 Å². The van der Waals surface area contributed by atoms with E-state index in [2.05, 4.69) is 34.7 Å². The number of hydrogen-bond acceptors (Lipinski definition) is 3. The van der Waals surface area contributed by atoms with Crippen molar-refractivity contribution in [1.29, 1.82) is 0 Å². The van der Waals surface area contributed by atoms with E-state index in [1.165, 1.54) is 5.56 Å². The minimum atomic E-state index is -0.224. The Hall–Kier alpha value is -2.63. The monoisotopic (exact) mass is 354 g/mol. The number of nitrogens with one attached hydrogen (secondary N) is 1. The second-order valence-corrected chi connectivity index (χ2v) is 6.99. The minimum Gasteiger partial charge on any atom is -0.348 e. The summed E-state index contributed by atoms with van der Waals surface area (Å²) in [5.74, 6) is -0.295. The number of fused-ring (bicyclic) bond motifs is 1. The third-order valence-electron chi connectivity index (χ3n) is 4.80. The van der Waals surface area contributed by atoms with E-state index in [1.54, 1.807) is 10.7 Å². The maximum Gasteiger partial charge on any atom is 0.272 e. The Kier molecular flexibility index (Phi) is 5.40. The number of nitrogens with zero attached hydrogens (tertiary/aromatic N) is 3. The van der Waals surface area contributed by atoms with Gasteiger partial charge in [-0.1, -0.05) is 36.8 Å². The fourth-order valence-electron chi connectivity index (χ4n) is 3.01. The number of benzene rings is 1. The maximum atomic E-state index is 13.0. The molecule has 1 aromatic carbocycles. The summed E-state index contributed by atoms with van der Waals surface area (Å²) in [6.07, 6.45) is 1.67. The highest BCUT2D eigenvalue weighted by atomic mass is 16.2. The van der Waals surface area contributed by atoms with Crippen LogP contribution < -0.4 is 5.32 Å². The molecule has 0 unspecified atom stereocenters. The highest BCUT2D eigenvalue weighted by Gasteiger charge is 2.26. The maximum absolute atomic E-state index is 13.0. The van der Waals surface area contributed by atoms with Gasteiger partial charge in [-0.3, -0.25) is 14.3 Å². The Bertz CT molecular complexity index is 795. The smallest absolute Gasteiger partial charge is 0.272 e. The fourth-order valence-corrected chi connectivity index (χ4v) is 3.01. The molecule has 138 valence electrons. The number of amides is 2. The Morgan fingerprint density at radius 1 is 1.27 bits per heavy atom. The van der Waals surface area contributed by atoms with Crippen LogP contribution in [0.3, 0.4) is 0 Å². The van der Waals surface area contributed by atoms with Crippen LogP contribution in [-0.4, -0.2) is 39.1 Å². The molecule has 6 heteroatoms. The normalized spacial score (nSPS) is 15.3. The molecule has 1 aliphatic rings. The summed E-state index contributed by atoms with van der Waals surface area (Å²) >= 11 is 0. The van der Waals surface area contributed by atoms with Crippen molar-refractivity contribution in [2.75, 3.05) is 6.54 Å². The van der Waals surface area contributed by atoms with Crippen LogP contribution in [-0.2, 0) is 13.1 Å². The first kappa shape index (κ1) is 18.2. The van der Waals surface area contributed by atoms with Gasteiger partial charge in [0.25, 0.3) is 11.8 Å². The lowest BCUT2D eigenvalue weighted by Gasteiger charge is -2.20. The Labute approximate surface area is 154 Å². The molecule has 2 heterocycles.